The summed E-state index contributed by atoms with van der Waals surface area (Å²) < 4.78 is 71.6. The van der Waals surface area contributed by atoms with Crippen molar-refractivity contribution in [3.63, 3.8) is 0 Å². The summed E-state index contributed by atoms with van der Waals surface area (Å²) in [4.78, 5) is 6.28. The van der Waals surface area contributed by atoms with Crippen LogP contribution in [0.2, 0.25) is 0 Å². The van der Waals surface area contributed by atoms with Gasteiger partial charge in [-0.1, -0.05) is 12.1 Å². The molecule has 1 fully saturated rings. The number of hydrogen-bond acceptors (Lipinski definition) is 6. The normalized spacial score (nSPS) is 16.2. The van der Waals surface area contributed by atoms with Gasteiger partial charge >= 0.3 is 6.18 Å². The summed E-state index contributed by atoms with van der Waals surface area (Å²) in [5.41, 5.74) is 0.130. The molecule has 1 aromatic carbocycles. The van der Waals surface area contributed by atoms with Gasteiger partial charge in [0.1, 0.15) is 11.5 Å². The SMILES string of the molecule is COc1nc(N2CCNCC2)ccc1NS(=O)(=O)c1ccc(C(C)C(F)(F)F)cc1. The molecule has 1 unspecified atom stereocenters. The minimum Gasteiger partial charge on any atom is -0.479 e. The number of methoxy groups -OCH3 is 1. The Morgan fingerprint density at radius 1 is 1.13 bits per heavy atom. The van der Waals surface area contributed by atoms with Crippen molar-refractivity contribution in [2.45, 2.75) is 23.9 Å². The highest BCUT2D eigenvalue weighted by atomic mass is 32.2. The fourth-order valence-corrected chi connectivity index (χ4v) is 4.12. The van der Waals surface area contributed by atoms with Gasteiger partial charge in [0.15, 0.2) is 0 Å². The number of benzene rings is 1. The van der Waals surface area contributed by atoms with Gasteiger partial charge in [0.2, 0.25) is 5.88 Å². The molecule has 2 N–H and O–H groups in total. The third kappa shape index (κ3) is 4.96. The van der Waals surface area contributed by atoms with Gasteiger partial charge in [-0.2, -0.15) is 18.2 Å². The standard InChI is InChI=1S/C19H23F3N4O3S/c1-13(19(20,21)22)14-3-5-15(6-4-14)30(27,28)25-16-7-8-17(24-18(16)29-2)26-11-9-23-10-12-26/h3-8,13,23,25H,9-12H2,1-2H3. The first kappa shape index (κ1) is 22.2. The molecule has 0 amide bonds. The molecule has 0 spiro atoms. The zero-order chi connectivity index (χ0) is 21.9. The fourth-order valence-electron chi connectivity index (χ4n) is 3.06. The predicted octanol–water partition coefficient (Wildman–Crippen LogP) is 2.97. The number of nitrogens with one attached hydrogen (secondary N) is 2. The first-order chi connectivity index (χ1) is 14.1. The van der Waals surface area contributed by atoms with Gasteiger partial charge in [0, 0.05) is 26.2 Å². The summed E-state index contributed by atoms with van der Waals surface area (Å²) in [7, 11) is -2.65. The maximum absolute atomic E-state index is 12.8. The highest BCUT2D eigenvalue weighted by molar-refractivity contribution is 7.92. The smallest absolute Gasteiger partial charge is 0.395 e. The average molecular weight is 444 g/mol. The van der Waals surface area contributed by atoms with Gasteiger partial charge in [0.05, 0.1) is 17.9 Å². The molecule has 0 saturated carbocycles. The number of piperazine rings is 1. The number of pyridine rings is 1. The van der Waals surface area contributed by atoms with E-state index in [9.17, 15) is 21.6 Å². The molecule has 0 aliphatic carbocycles. The average Bonchev–Trinajstić information content (AvgIpc) is 2.73. The largest absolute Gasteiger partial charge is 0.479 e. The summed E-state index contributed by atoms with van der Waals surface area (Å²) in [5, 5.41) is 3.24. The van der Waals surface area contributed by atoms with Crippen LogP contribution in [0.15, 0.2) is 41.3 Å². The van der Waals surface area contributed by atoms with Crippen molar-refractivity contribution in [2.75, 3.05) is 42.9 Å². The van der Waals surface area contributed by atoms with Gasteiger partial charge in [-0.05, 0) is 36.8 Å². The second-order valence-corrected chi connectivity index (χ2v) is 8.58. The summed E-state index contributed by atoms with van der Waals surface area (Å²) in [6.07, 6.45) is -4.40. The van der Waals surface area contributed by atoms with Crippen LogP contribution >= 0.6 is 0 Å². The molecule has 2 aromatic rings. The number of ether oxygens (including phenoxy) is 1. The molecule has 1 aliphatic heterocycles. The van der Waals surface area contributed by atoms with Crippen LogP contribution in [-0.4, -0.2) is 52.9 Å². The zero-order valence-corrected chi connectivity index (χ0v) is 17.3. The van der Waals surface area contributed by atoms with E-state index in [-0.39, 0.29) is 22.0 Å². The van der Waals surface area contributed by atoms with Crippen LogP contribution in [0.3, 0.4) is 0 Å². The summed E-state index contributed by atoms with van der Waals surface area (Å²) in [5.74, 6) is -0.914. The van der Waals surface area contributed by atoms with Crippen molar-refractivity contribution in [3.05, 3.63) is 42.0 Å². The lowest BCUT2D eigenvalue weighted by atomic mass is 10.0. The number of hydrogen-bond donors (Lipinski definition) is 2. The number of nitrogens with zero attached hydrogens (tertiary/aromatic N) is 2. The minimum atomic E-state index is -4.40. The number of sulfonamides is 1. The van der Waals surface area contributed by atoms with E-state index in [0.717, 1.165) is 57.4 Å². The van der Waals surface area contributed by atoms with Gasteiger partial charge < -0.3 is 15.0 Å². The number of anilines is 2. The van der Waals surface area contributed by atoms with Crippen LogP contribution in [0, 0.1) is 0 Å². The molecule has 1 aliphatic rings. The molecule has 11 heteroatoms. The molecular formula is C19H23F3N4O3S. The summed E-state index contributed by atoms with van der Waals surface area (Å²) >= 11 is 0. The number of alkyl halides is 3. The fraction of sp³-hybridized carbons (Fsp3) is 0.421. The summed E-state index contributed by atoms with van der Waals surface area (Å²) in [6, 6.07) is 7.87. The molecule has 1 atom stereocenters. The first-order valence-electron chi connectivity index (χ1n) is 9.32. The van der Waals surface area contributed by atoms with Crippen LogP contribution in [0.4, 0.5) is 24.7 Å². The first-order valence-corrected chi connectivity index (χ1v) is 10.8. The molecule has 1 aromatic heterocycles. The van der Waals surface area contributed by atoms with E-state index in [1.165, 1.54) is 7.11 Å². The number of aromatic nitrogens is 1. The molecule has 3 rings (SSSR count). The van der Waals surface area contributed by atoms with E-state index >= 15 is 0 Å². The molecule has 1 saturated heterocycles. The Bertz CT molecular complexity index is 976. The number of rotatable bonds is 6. The monoisotopic (exact) mass is 444 g/mol. The van der Waals surface area contributed by atoms with Gasteiger partial charge in [-0.15, -0.1) is 0 Å². The molecule has 2 heterocycles. The van der Waals surface area contributed by atoms with E-state index in [0.29, 0.717) is 5.82 Å². The molecule has 164 valence electrons. The van der Waals surface area contributed by atoms with Crippen molar-refractivity contribution in [3.8, 4) is 5.88 Å². The molecule has 0 radical (unpaired) electrons. The maximum atomic E-state index is 12.8. The van der Waals surface area contributed by atoms with Crippen LogP contribution in [0.25, 0.3) is 0 Å². The van der Waals surface area contributed by atoms with Gasteiger partial charge in [0.25, 0.3) is 10.0 Å². The lowest BCUT2D eigenvalue weighted by Gasteiger charge is -2.28. The van der Waals surface area contributed by atoms with Crippen LogP contribution in [-0.2, 0) is 10.0 Å². The van der Waals surface area contributed by atoms with Crippen molar-refractivity contribution in [1.82, 2.24) is 10.3 Å². The minimum absolute atomic E-state index is 0.0129. The maximum Gasteiger partial charge on any atom is 0.395 e. The molecule has 30 heavy (non-hydrogen) atoms. The molecular weight excluding hydrogens is 421 g/mol. The van der Waals surface area contributed by atoms with E-state index in [4.69, 9.17) is 4.74 Å². The zero-order valence-electron chi connectivity index (χ0n) is 16.5. The highest BCUT2D eigenvalue weighted by Crippen LogP contribution is 2.35. The topological polar surface area (TPSA) is 83.6 Å². The Kier molecular flexibility index (Phi) is 6.41. The lowest BCUT2D eigenvalue weighted by molar-refractivity contribution is -0.146. The highest BCUT2D eigenvalue weighted by Gasteiger charge is 2.37. The van der Waals surface area contributed by atoms with Crippen molar-refractivity contribution >= 4 is 21.5 Å². The van der Waals surface area contributed by atoms with E-state index in [2.05, 4.69) is 19.9 Å². The summed E-state index contributed by atoms with van der Waals surface area (Å²) in [6.45, 7) is 4.20. The van der Waals surface area contributed by atoms with Crippen molar-refractivity contribution < 1.29 is 26.3 Å². The van der Waals surface area contributed by atoms with Gasteiger partial charge in [-0.25, -0.2) is 8.42 Å². The Balaban J connectivity index is 1.80. The van der Waals surface area contributed by atoms with Crippen molar-refractivity contribution in [1.29, 1.82) is 0 Å². The van der Waals surface area contributed by atoms with Crippen molar-refractivity contribution in [2.24, 2.45) is 0 Å². The Labute approximate surface area is 173 Å². The Morgan fingerprint density at radius 3 is 2.33 bits per heavy atom. The number of halogens is 3. The van der Waals surface area contributed by atoms with E-state index in [1.54, 1.807) is 12.1 Å². The quantitative estimate of drug-likeness (QED) is 0.713. The van der Waals surface area contributed by atoms with Gasteiger partial charge in [-0.3, -0.25) is 4.72 Å². The van der Waals surface area contributed by atoms with Crippen LogP contribution in [0.1, 0.15) is 18.4 Å². The third-order valence-electron chi connectivity index (χ3n) is 4.91. The van der Waals surface area contributed by atoms with E-state index < -0.39 is 22.1 Å². The lowest BCUT2D eigenvalue weighted by Crippen LogP contribution is -2.43. The molecule has 0 bridgehead atoms. The third-order valence-corrected chi connectivity index (χ3v) is 6.29. The van der Waals surface area contributed by atoms with E-state index in [1.807, 2.05) is 0 Å². The van der Waals surface area contributed by atoms with Crippen LogP contribution < -0.4 is 19.7 Å². The second-order valence-electron chi connectivity index (χ2n) is 6.90. The van der Waals surface area contributed by atoms with Crippen LogP contribution in [0.5, 0.6) is 5.88 Å². The Morgan fingerprint density at radius 2 is 1.77 bits per heavy atom. The molecule has 7 nitrogen and oxygen atoms in total. The predicted molar refractivity (Wildman–Crippen MR) is 108 cm³/mol. The second kappa shape index (κ2) is 8.68. The Hall–Kier alpha value is -2.53.